The lowest BCUT2D eigenvalue weighted by atomic mass is 9.91. The van der Waals surface area contributed by atoms with Crippen LogP contribution in [0.5, 0.6) is 5.75 Å². The third-order valence-electron chi connectivity index (χ3n) is 5.81. The second-order valence-corrected chi connectivity index (χ2v) is 7.74. The second kappa shape index (κ2) is 8.33. The highest BCUT2D eigenvalue weighted by atomic mass is 16.5. The number of nitrogens with one attached hydrogen (secondary N) is 1. The molecule has 2 aliphatic heterocycles. The van der Waals surface area contributed by atoms with Crippen LogP contribution in [-0.4, -0.2) is 45.4 Å². The van der Waals surface area contributed by atoms with Crippen LogP contribution in [0.25, 0.3) is 0 Å². The first-order valence-corrected chi connectivity index (χ1v) is 10.2. The molecule has 4 rings (SSSR count). The van der Waals surface area contributed by atoms with Gasteiger partial charge < -0.3 is 24.6 Å². The van der Waals surface area contributed by atoms with Crippen molar-refractivity contribution in [2.75, 3.05) is 48.5 Å². The van der Waals surface area contributed by atoms with Crippen molar-refractivity contribution in [3.8, 4) is 5.75 Å². The number of hydrogen-bond acceptors (Lipinski definition) is 5. The average molecular weight is 396 g/mol. The van der Waals surface area contributed by atoms with E-state index < -0.39 is 0 Å². The number of morpholine rings is 1. The fraction of sp³-hybridized carbons (Fsp3) is 0.435. The zero-order valence-electron chi connectivity index (χ0n) is 17.4. The minimum Gasteiger partial charge on any atom is -0.497 e. The highest BCUT2D eigenvalue weighted by Gasteiger charge is 2.32. The molecular formula is C23H29N3O3. The maximum absolute atomic E-state index is 12.2. The van der Waals surface area contributed by atoms with Crippen molar-refractivity contribution in [1.29, 1.82) is 0 Å². The number of anilines is 3. The van der Waals surface area contributed by atoms with Gasteiger partial charge in [-0.1, -0.05) is 0 Å². The summed E-state index contributed by atoms with van der Waals surface area (Å²) in [5, 5.41) is 3.67. The van der Waals surface area contributed by atoms with Gasteiger partial charge in [-0.25, -0.2) is 0 Å². The summed E-state index contributed by atoms with van der Waals surface area (Å²) < 4.78 is 10.9. The summed E-state index contributed by atoms with van der Waals surface area (Å²) in [7, 11) is 1.67. The SMILES string of the molecule is COc1ccc2c(c1)[C@@H](Nc1ccc(N3CCOCC3)cc1)C[C@@H](C)N2C(C)=O. The third-order valence-corrected chi connectivity index (χ3v) is 5.81. The molecule has 0 aromatic heterocycles. The number of nitrogens with zero attached hydrogens (tertiary/aromatic N) is 2. The van der Waals surface area contributed by atoms with Crippen LogP contribution in [0.4, 0.5) is 17.1 Å². The normalized spacial score (nSPS) is 21.5. The van der Waals surface area contributed by atoms with Gasteiger partial charge in [-0.15, -0.1) is 0 Å². The number of carbonyl (C=O) groups is 1. The standard InChI is InChI=1S/C23H29N3O3/c1-16-14-22(21-15-20(28-3)8-9-23(21)26(16)17(2)27)24-18-4-6-19(7-5-18)25-10-12-29-13-11-25/h4-9,15-16,22,24H,10-14H2,1-3H3/t16-,22+/m1/s1. The fourth-order valence-electron chi connectivity index (χ4n) is 4.38. The summed E-state index contributed by atoms with van der Waals surface area (Å²) in [4.78, 5) is 16.5. The minimum absolute atomic E-state index is 0.0669. The molecule has 0 bridgehead atoms. The van der Waals surface area contributed by atoms with Crippen molar-refractivity contribution in [3.05, 3.63) is 48.0 Å². The van der Waals surface area contributed by atoms with Crippen molar-refractivity contribution >= 4 is 23.0 Å². The molecule has 2 aromatic rings. The number of benzene rings is 2. The molecule has 0 radical (unpaired) electrons. The van der Waals surface area contributed by atoms with Gasteiger partial charge in [0.25, 0.3) is 0 Å². The minimum atomic E-state index is 0.0669. The summed E-state index contributed by atoms with van der Waals surface area (Å²) in [6.07, 6.45) is 0.838. The molecule has 29 heavy (non-hydrogen) atoms. The van der Waals surface area contributed by atoms with E-state index in [0.29, 0.717) is 0 Å². The molecule has 0 saturated carbocycles. The predicted molar refractivity (Wildman–Crippen MR) is 116 cm³/mol. The van der Waals surface area contributed by atoms with Gasteiger partial charge in [-0.2, -0.15) is 0 Å². The molecule has 0 aliphatic carbocycles. The van der Waals surface area contributed by atoms with Crippen molar-refractivity contribution < 1.29 is 14.3 Å². The molecule has 1 fully saturated rings. The first kappa shape index (κ1) is 19.6. The Labute approximate surface area is 172 Å². The summed E-state index contributed by atoms with van der Waals surface area (Å²) in [6.45, 7) is 7.16. The van der Waals surface area contributed by atoms with Crippen LogP contribution < -0.4 is 19.9 Å². The molecule has 6 nitrogen and oxygen atoms in total. The summed E-state index contributed by atoms with van der Waals surface area (Å²) in [5.74, 6) is 0.869. The van der Waals surface area contributed by atoms with E-state index in [1.165, 1.54) is 5.69 Å². The lowest BCUT2D eigenvalue weighted by molar-refractivity contribution is -0.117. The van der Waals surface area contributed by atoms with Crippen molar-refractivity contribution in [1.82, 2.24) is 0 Å². The second-order valence-electron chi connectivity index (χ2n) is 7.74. The summed E-state index contributed by atoms with van der Waals surface area (Å²) in [6, 6.07) is 14.8. The molecule has 2 atom stereocenters. The zero-order chi connectivity index (χ0) is 20.4. The van der Waals surface area contributed by atoms with E-state index in [1.807, 2.05) is 23.1 Å². The van der Waals surface area contributed by atoms with Gasteiger partial charge in [0.2, 0.25) is 5.91 Å². The lowest BCUT2D eigenvalue weighted by Gasteiger charge is -2.39. The first-order chi connectivity index (χ1) is 14.1. The Hall–Kier alpha value is -2.73. The molecule has 6 heteroatoms. The molecular weight excluding hydrogens is 366 g/mol. The number of carbonyl (C=O) groups excluding carboxylic acids is 1. The van der Waals surface area contributed by atoms with E-state index in [4.69, 9.17) is 9.47 Å². The number of fused-ring (bicyclic) bond motifs is 1. The van der Waals surface area contributed by atoms with E-state index in [9.17, 15) is 4.79 Å². The molecule has 0 unspecified atom stereocenters. The molecule has 0 spiro atoms. The molecule has 1 N–H and O–H groups in total. The van der Waals surface area contributed by atoms with E-state index in [2.05, 4.69) is 41.4 Å². The Bertz CT molecular complexity index is 862. The van der Waals surface area contributed by atoms with Gasteiger partial charge in [0.15, 0.2) is 0 Å². The number of hydrogen-bond donors (Lipinski definition) is 1. The monoisotopic (exact) mass is 395 g/mol. The number of amides is 1. The Morgan fingerprint density at radius 2 is 1.86 bits per heavy atom. The fourth-order valence-corrected chi connectivity index (χ4v) is 4.38. The average Bonchev–Trinajstić information content (AvgIpc) is 2.74. The maximum atomic E-state index is 12.2. The lowest BCUT2D eigenvalue weighted by Crippen LogP contribution is -2.43. The van der Waals surface area contributed by atoms with Crippen LogP contribution in [0.1, 0.15) is 31.9 Å². The smallest absolute Gasteiger partial charge is 0.224 e. The Morgan fingerprint density at radius 1 is 1.14 bits per heavy atom. The van der Waals surface area contributed by atoms with Crippen molar-refractivity contribution in [2.24, 2.45) is 0 Å². The van der Waals surface area contributed by atoms with Gasteiger partial charge >= 0.3 is 0 Å². The van der Waals surface area contributed by atoms with Crippen molar-refractivity contribution in [3.63, 3.8) is 0 Å². The van der Waals surface area contributed by atoms with E-state index in [0.717, 1.165) is 55.4 Å². The van der Waals surface area contributed by atoms with E-state index >= 15 is 0 Å². The van der Waals surface area contributed by atoms with Crippen LogP contribution in [0, 0.1) is 0 Å². The molecule has 2 aromatic carbocycles. The van der Waals surface area contributed by atoms with E-state index in [1.54, 1.807) is 14.0 Å². The quantitative estimate of drug-likeness (QED) is 0.853. The largest absolute Gasteiger partial charge is 0.497 e. The predicted octanol–water partition coefficient (Wildman–Crippen LogP) is 3.83. The Kier molecular flexibility index (Phi) is 5.62. The van der Waals surface area contributed by atoms with Gasteiger partial charge in [0.1, 0.15) is 5.75 Å². The maximum Gasteiger partial charge on any atom is 0.224 e. The molecule has 1 saturated heterocycles. The summed E-state index contributed by atoms with van der Waals surface area (Å²) >= 11 is 0. The van der Waals surface area contributed by atoms with Gasteiger partial charge in [-0.3, -0.25) is 4.79 Å². The molecule has 2 aliphatic rings. The molecule has 2 heterocycles. The highest BCUT2D eigenvalue weighted by molar-refractivity contribution is 5.94. The van der Waals surface area contributed by atoms with Gasteiger partial charge in [0, 0.05) is 48.7 Å². The topological polar surface area (TPSA) is 54.0 Å². The number of ether oxygens (including phenoxy) is 2. The van der Waals surface area contributed by atoms with Gasteiger partial charge in [-0.05, 0) is 55.8 Å². The summed E-state index contributed by atoms with van der Waals surface area (Å²) in [5.41, 5.74) is 4.35. The Morgan fingerprint density at radius 3 is 2.52 bits per heavy atom. The highest BCUT2D eigenvalue weighted by Crippen LogP contribution is 2.41. The Balaban J connectivity index is 1.58. The third kappa shape index (κ3) is 4.03. The first-order valence-electron chi connectivity index (χ1n) is 10.2. The van der Waals surface area contributed by atoms with Crippen LogP contribution in [0.3, 0.4) is 0 Å². The molecule has 1 amide bonds. The number of rotatable bonds is 4. The van der Waals surface area contributed by atoms with Crippen LogP contribution in [0.2, 0.25) is 0 Å². The zero-order valence-corrected chi connectivity index (χ0v) is 17.4. The number of methoxy groups -OCH3 is 1. The van der Waals surface area contributed by atoms with Crippen LogP contribution in [0.15, 0.2) is 42.5 Å². The van der Waals surface area contributed by atoms with Crippen molar-refractivity contribution in [2.45, 2.75) is 32.4 Å². The molecule has 154 valence electrons. The van der Waals surface area contributed by atoms with Crippen LogP contribution >= 0.6 is 0 Å². The van der Waals surface area contributed by atoms with Gasteiger partial charge in [0.05, 0.1) is 26.4 Å². The van der Waals surface area contributed by atoms with E-state index in [-0.39, 0.29) is 18.0 Å². The van der Waals surface area contributed by atoms with Crippen LogP contribution in [-0.2, 0) is 9.53 Å².